The monoisotopic (exact) mass is 284 g/mol. The third kappa shape index (κ3) is 4.17. The van der Waals surface area contributed by atoms with E-state index >= 15 is 0 Å². The molecule has 0 heterocycles. The lowest BCUT2D eigenvalue weighted by atomic mass is 10.2. The predicted molar refractivity (Wildman–Crippen MR) is 86.7 cm³/mol. The molecule has 0 fully saturated rings. The van der Waals surface area contributed by atoms with Crippen LogP contribution in [0, 0.1) is 0 Å². The lowest BCUT2D eigenvalue weighted by molar-refractivity contribution is -0.111. The van der Waals surface area contributed by atoms with Gasteiger partial charge in [0.15, 0.2) is 0 Å². The highest BCUT2D eigenvalue weighted by Crippen LogP contribution is 2.17. The molecule has 0 aliphatic carbocycles. The van der Waals surface area contributed by atoms with E-state index in [4.69, 9.17) is 5.73 Å². The molecule has 4 heteroatoms. The van der Waals surface area contributed by atoms with Crippen LogP contribution in [0.1, 0.15) is 5.56 Å². The number of nitrogens with two attached hydrogens (primary N) is 1. The van der Waals surface area contributed by atoms with Crippen LogP contribution in [0.15, 0.2) is 59.5 Å². The molecule has 0 atom stereocenters. The zero-order valence-corrected chi connectivity index (χ0v) is 12.0. The van der Waals surface area contributed by atoms with Crippen LogP contribution in [0.2, 0.25) is 0 Å². The Labute approximate surface area is 122 Å². The summed E-state index contributed by atoms with van der Waals surface area (Å²) in [7, 11) is 0. The summed E-state index contributed by atoms with van der Waals surface area (Å²) in [6, 6.07) is 15.1. The van der Waals surface area contributed by atoms with Gasteiger partial charge in [-0.3, -0.25) is 4.79 Å². The summed E-state index contributed by atoms with van der Waals surface area (Å²) in [5.74, 6) is -0.163. The number of hydrogen-bond donors (Lipinski definition) is 2. The van der Waals surface area contributed by atoms with E-state index in [9.17, 15) is 4.79 Å². The van der Waals surface area contributed by atoms with E-state index in [0.29, 0.717) is 5.69 Å². The van der Waals surface area contributed by atoms with E-state index in [1.54, 1.807) is 17.8 Å². The lowest BCUT2D eigenvalue weighted by Crippen LogP contribution is -2.07. The van der Waals surface area contributed by atoms with Crippen molar-refractivity contribution < 1.29 is 4.79 Å². The second kappa shape index (κ2) is 6.82. The molecule has 1 amide bonds. The highest BCUT2D eigenvalue weighted by atomic mass is 32.2. The zero-order valence-electron chi connectivity index (χ0n) is 11.2. The number of carbonyl (C=O) groups is 1. The van der Waals surface area contributed by atoms with Crippen molar-refractivity contribution in [3.63, 3.8) is 0 Å². The smallest absolute Gasteiger partial charge is 0.248 e. The molecule has 0 bridgehead atoms. The molecule has 20 heavy (non-hydrogen) atoms. The minimum Gasteiger partial charge on any atom is -0.399 e. The zero-order chi connectivity index (χ0) is 14.4. The van der Waals surface area contributed by atoms with Crippen LogP contribution in [0.25, 0.3) is 6.08 Å². The van der Waals surface area contributed by atoms with Crippen LogP contribution in [-0.2, 0) is 4.79 Å². The van der Waals surface area contributed by atoms with E-state index in [1.807, 2.05) is 54.8 Å². The Balaban J connectivity index is 1.98. The molecule has 0 saturated heterocycles. The molecular formula is C16H16N2OS. The second-order valence-electron chi connectivity index (χ2n) is 4.22. The number of carbonyl (C=O) groups excluding carboxylic acids is 1. The molecule has 102 valence electrons. The number of thioether (sulfide) groups is 1. The van der Waals surface area contributed by atoms with Gasteiger partial charge in [-0.1, -0.05) is 12.1 Å². The summed E-state index contributed by atoms with van der Waals surface area (Å²) >= 11 is 1.67. The molecule has 0 radical (unpaired) electrons. The molecule has 0 aliphatic heterocycles. The molecule has 0 unspecified atom stereocenters. The molecule has 3 N–H and O–H groups in total. The lowest BCUT2D eigenvalue weighted by Gasteiger charge is -2.03. The maximum atomic E-state index is 11.8. The fourth-order valence-corrected chi connectivity index (χ4v) is 2.10. The Morgan fingerprint density at radius 3 is 2.60 bits per heavy atom. The molecule has 0 spiro atoms. The van der Waals surface area contributed by atoms with Crippen LogP contribution in [-0.4, -0.2) is 12.2 Å². The fraction of sp³-hybridized carbons (Fsp3) is 0.0625. The SMILES string of the molecule is CSc1ccc(NC(=O)/C=C/c2cccc(N)c2)cc1. The van der Waals surface area contributed by atoms with Crippen molar-refractivity contribution in [3.8, 4) is 0 Å². The number of amides is 1. The van der Waals surface area contributed by atoms with Gasteiger partial charge < -0.3 is 11.1 Å². The Bertz CT molecular complexity index is 621. The van der Waals surface area contributed by atoms with Crippen LogP contribution in [0.3, 0.4) is 0 Å². The van der Waals surface area contributed by atoms with Gasteiger partial charge in [-0.15, -0.1) is 11.8 Å². The second-order valence-corrected chi connectivity index (χ2v) is 5.10. The van der Waals surface area contributed by atoms with Gasteiger partial charge in [0.1, 0.15) is 0 Å². The summed E-state index contributed by atoms with van der Waals surface area (Å²) in [4.78, 5) is 13.0. The van der Waals surface area contributed by atoms with Crippen LogP contribution < -0.4 is 11.1 Å². The first-order valence-corrected chi connectivity index (χ1v) is 7.38. The van der Waals surface area contributed by atoms with Gasteiger partial charge in [0.2, 0.25) is 5.91 Å². The Morgan fingerprint density at radius 2 is 1.95 bits per heavy atom. The summed E-state index contributed by atoms with van der Waals surface area (Å²) in [6.07, 6.45) is 5.25. The standard InChI is InChI=1S/C16H16N2OS/c1-20-15-8-6-14(7-9-15)18-16(19)10-5-12-3-2-4-13(17)11-12/h2-11H,17H2,1H3,(H,18,19)/b10-5+. The number of benzene rings is 2. The quantitative estimate of drug-likeness (QED) is 0.512. The third-order valence-electron chi connectivity index (χ3n) is 2.70. The Morgan fingerprint density at radius 1 is 1.20 bits per heavy atom. The van der Waals surface area contributed by atoms with Gasteiger partial charge in [-0.25, -0.2) is 0 Å². The van der Waals surface area contributed by atoms with Gasteiger partial charge in [0.25, 0.3) is 0 Å². The maximum Gasteiger partial charge on any atom is 0.248 e. The van der Waals surface area contributed by atoms with Crippen LogP contribution in [0.5, 0.6) is 0 Å². The number of nitrogens with one attached hydrogen (secondary N) is 1. The van der Waals surface area contributed by atoms with Gasteiger partial charge in [-0.2, -0.15) is 0 Å². The first-order valence-electron chi connectivity index (χ1n) is 6.16. The van der Waals surface area contributed by atoms with E-state index in [2.05, 4.69) is 5.32 Å². The average molecular weight is 284 g/mol. The minimum atomic E-state index is -0.163. The van der Waals surface area contributed by atoms with E-state index < -0.39 is 0 Å². The van der Waals surface area contributed by atoms with Crippen LogP contribution in [0.4, 0.5) is 11.4 Å². The summed E-state index contributed by atoms with van der Waals surface area (Å²) in [6.45, 7) is 0. The Hall–Kier alpha value is -2.20. The average Bonchev–Trinajstić information content (AvgIpc) is 2.46. The molecular weight excluding hydrogens is 268 g/mol. The van der Waals surface area contributed by atoms with Gasteiger partial charge in [0.05, 0.1) is 0 Å². The predicted octanol–water partition coefficient (Wildman–Crippen LogP) is 3.64. The molecule has 3 nitrogen and oxygen atoms in total. The Kier molecular flexibility index (Phi) is 4.85. The highest BCUT2D eigenvalue weighted by molar-refractivity contribution is 7.98. The molecule has 0 aliphatic rings. The van der Waals surface area contributed by atoms with E-state index in [0.717, 1.165) is 11.3 Å². The molecule has 2 rings (SSSR count). The van der Waals surface area contributed by atoms with Crippen molar-refractivity contribution in [2.75, 3.05) is 17.3 Å². The van der Waals surface area contributed by atoms with Crippen molar-refractivity contribution in [2.45, 2.75) is 4.90 Å². The summed E-state index contributed by atoms with van der Waals surface area (Å²) in [5.41, 5.74) is 8.04. The van der Waals surface area contributed by atoms with Crippen molar-refractivity contribution in [2.24, 2.45) is 0 Å². The number of hydrogen-bond acceptors (Lipinski definition) is 3. The number of rotatable bonds is 4. The summed E-state index contributed by atoms with van der Waals surface area (Å²) < 4.78 is 0. The molecule has 2 aromatic carbocycles. The van der Waals surface area contributed by atoms with Gasteiger partial charge >= 0.3 is 0 Å². The van der Waals surface area contributed by atoms with Crippen molar-refractivity contribution in [1.29, 1.82) is 0 Å². The number of anilines is 2. The summed E-state index contributed by atoms with van der Waals surface area (Å²) in [5, 5.41) is 2.81. The minimum absolute atomic E-state index is 0.163. The largest absolute Gasteiger partial charge is 0.399 e. The van der Waals surface area contributed by atoms with Crippen molar-refractivity contribution >= 4 is 35.1 Å². The molecule has 0 aromatic heterocycles. The van der Waals surface area contributed by atoms with E-state index in [1.165, 1.54) is 11.0 Å². The van der Waals surface area contributed by atoms with Gasteiger partial charge in [-0.05, 0) is 54.3 Å². The normalized spacial score (nSPS) is 10.7. The van der Waals surface area contributed by atoms with Crippen LogP contribution >= 0.6 is 11.8 Å². The molecule has 2 aromatic rings. The third-order valence-corrected chi connectivity index (χ3v) is 3.44. The number of nitrogen functional groups attached to an aromatic ring is 1. The fourth-order valence-electron chi connectivity index (χ4n) is 1.69. The van der Waals surface area contributed by atoms with Crippen molar-refractivity contribution in [3.05, 3.63) is 60.2 Å². The topological polar surface area (TPSA) is 55.1 Å². The highest BCUT2D eigenvalue weighted by Gasteiger charge is 1.98. The first kappa shape index (κ1) is 14.2. The van der Waals surface area contributed by atoms with Gasteiger partial charge in [0, 0.05) is 22.3 Å². The molecule has 0 saturated carbocycles. The first-order chi connectivity index (χ1) is 9.67. The maximum absolute atomic E-state index is 11.8. The van der Waals surface area contributed by atoms with E-state index in [-0.39, 0.29) is 5.91 Å². The van der Waals surface area contributed by atoms with Crippen molar-refractivity contribution in [1.82, 2.24) is 0 Å².